The summed E-state index contributed by atoms with van der Waals surface area (Å²) in [6.07, 6.45) is 5.53. The molecule has 2 unspecified atom stereocenters. The van der Waals surface area contributed by atoms with Crippen molar-refractivity contribution in [2.24, 2.45) is 5.73 Å². The predicted molar refractivity (Wildman–Crippen MR) is 79.4 cm³/mol. The number of thiocarbonyl (C=S) groups is 1. The molecule has 0 spiro atoms. The van der Waals surface area contributed by atoms with Crippen molar-refractivity contribution in [1.29, 1.82) is 0 Å². The first-order chi connectivity index (χ1) is 9.08. The minimum Gasteiger partial charge on any atom is -0.393 e. The smallest absolute Gasteiger partial charge is 0.139 e. The topological polar surface area (TPSA) is 62.4 Å². The van der Waals surface area contributed by atoms with Crippen molar-refractivity contribution in [2.75, 3.05) is 4.90 Å². The number of nitrogens with two attached hydrogens (primary N) is 1. The van der Waals surface area contributed by atoms with Crippen LogP contribution in [0.3, 0.4) is 0 Å². The molecule has 0 amide bonds. The molecule has 0 saturated carbocycles. The molecule has 0 aliphatic carbocycles. The van der Waals surface area contributed by atoms with Gasteiger partial charge in [0.05, 0.1) is 11.7 Å². The number of hydrogen-bond donors (Lipinski definition) is 2. The van der Waals surface area contributed by atoms with Crippen LogP contribution in [0.15, 0.2) is 12.3 Å². The van der Waals surface area contributed by atoms with Crippen molar-refractivity contribution in [3.63, 3.8) is 0 Å². The quantitative estimate of drug-likeness (QED) is 0.803. The summed E-state index contributed by atoms with van der Waals surface area (Å²) in [4.78, 5) is 7.28. The molecule has 1 aromatic rings. The number of aliphatic hydroxyl groups is 1. The number of aliphatic hydroxyl groups excluding tert-OH is 1. The van der Waals surface area contributed by atoms with E-state index in [1.807, 2.05) is 19.2 Å². The molecule has 2 bridgehead atoms. The monoisotopic (exact) mass is 277 g/mol. The Bertz CT molecular complexity index is 505. The lowest BCUT2D eigenvalue weighted by atomic mass is 9.98. The molecule has 102 valence electrons. The zero-order chi connectivity index (χ0) is 13.6. The molecule has 0 aromatic carbocycles. The molecule has 3 N–H and O–H groups in total. The fourth-order valence-electron chi connectivity index (χ4n) is 3.54. The summed E-state index contributed by atoms with van der Waals surface area (Å²) in [5.41, 5.74) is 7.84. The molecular weight excluding hydrogens is 258 g/mol. The van der Waals surface area contributed by atoms with Gasteiger partial charge < -0.3 is 15.7 Å². The minimum absolute atomic E-state index is 0.174. The van der Waals surface area contributed by atoms with Crippen LogP contribution in [0.25, 0.3) is 0 Å². The Kier molecular flexibility index (Phi) is 3.19. The van der Waals surface area contributed by atoms with Crippen LogP contribution in [0.1, 0.15) is 36.8 Å². The van der Waals surface area contributed by atoms with Gasteiger partial charge in [-0.05, 0) is 44.2 Å². The van der Waals surface area contributed by atoms with E-state index in [-0.39, 0.29) is 6.10 Å². The van der Waals surface area contributed by atoms with Gasteiger partial charge in [-0.25, -0.2) is 4.98 Å². The summed E-state index contributed by atoms with van der Waals surface area (Å²) in [6.45, 7) is 2.01. The maximum Gasteiger partial charge on any atom is 0.139 e. The van der Waals surface area contributed by atoms with Crippen LogP contribution in [-0.4, -0.2) is 33.3 Å². The molecule has 3 heterocycles. The largest absolute Gasteiger partial charge is 0.393 e. The van der Waals surface area contributed by atoms with Gasteiger partial charge in [-0.2, -0.15) is 0 Å². The summed E-state index contributed by atoms with van der Waals surface area (Å²) in [7, 11) is 0. The minimum atomic E-state index is -0.174. The highest BCUT2D eigenvalue weighted by Crippen LogP contribution is 2.40. The lowest BCUT2D eigenvalue weighted by Gasteiger charge is -2.39. The number of fused-ring (bicyclic) bond motifs is 2. The van der Waals surface area contributed by atoms with Crippen LogP contribution >= 0.6 is 12.2 Å². The van der Waals surface area contributed by atoms with Crippen LogP contribution in [0.5, 0.6) is 0 Å². The third-order valence-corrected chi connectivity index (χ3v) is 4.54. The van der Waals surface area contributed by atoms with E-state index in [0.717, 1.165) is 42.6 Å². The van der Waals surface area contributed by atoms with Gasteiger partial charge in [-0.3, -0.25) is 0 Å². The Morgan fingerprint density at radius 3 is 2.63 bits per heavy atom. The number of aryl methyl sites for hydroxylation is 1. The van der Waals surface area contributed by atoms with Crippen LogP contribution in [0.2, 0.25) is 0 Å². The van der Waals surface area contributed by atoms with Crippen molar-refractivity contribution in [3.8, 4) is 0 Å². The van der Waals surface area contributed by atoms with Crippen LogP contribution in [0, 0.1) is 6.92 Å². The van der Waals surface area contributed by atoms with Gasteiger partial charge in [-0.15, -0.1) is 0 Å². The van der Waals surface area contributed by atoms with E-state index in [1.54, 1.807) is 0 Å². The van der Waals surface area contributed by atoms with E-state index < -0.39 is 0 Å². The number of pyridine rings is 1. The van der Waals surface area contributed by atoms with Gasteiger partial charge in [0, 0.05) is 18.3 Å². The fraction of sp³-hybridized carbons (Fsp3) is 0.571. The average Bonchev–Trinajstić information content (AvgIpc) is 2.60. The standard InChI is InChI=1S/C14H19N3OS/c1-8-4-5-16-14(12(8)13(15)19)17-9-2-3-10(17)7-11(18)6-9/h4-5,9-11,18H,2-3,6-7H2,1H3,(H2,15,19). The highest BCUT2D eigenvalue weighted by Gasteiger charge is 2.41. The first-order valence-corrected chi connectivity index (χ1v) is 7.20. The van der Waals surface area contributed by atoms with Crippen LogP contribution < -0.4 is 10.6 Å². The van der Waals surface area contributed by atoms with E-state index >= 15 is 0 Å². The van der Waals surface area contributed by atoms with Crippen molar-refractivity contribution >= 4 is 23.0 Å². The summed E-state index contributed by atoms with van der Waals surface area (Å²) < 4.78 is 0. The molecule has 1 aromatic heterocycles. The SMILES string of the molecule is Cc1ccnc(N2C3CCC2CC(O)C3)c1C(N)=S. The Balaban J connectivity index is 2.04. The third kappa shape index (κ3) is 2.11. The van der Waals surface area contributed by atoms with E-state index in [1.165, 1.54) is 0 Å². The maximum atomic E-state index is 9.89. The molecule has 0 radical (unpaired) electrons. The molecule has 2 atom stereocenters. The Morgan fingerprint density at radius 1 is 1.42 bits per heavy atom. The summed E-state index contributed by atoms with van der Waals surface area (Å²) >= 11 is 5.19. The average molecular weight is 277 g/mol. The number of rotatable bonds is 2. The number of nitrogens with zero attached hydrogens (tertiary/aromatic N) is 2. The molecular formula is C14H19N3OS. The lowest BCUT2D eigenvalue weighted by molar-refractivity contribution is 0.126. The van der Waals surface area contributed by atoms with Crippen LogP contribution in [-0.2, 0) is 0 Å². The van der Waals surface area contributed by atoms with Crippen molar-refractivity contribution in [2.45, 2.75) is 50.8 Å². The molecule has 3 rings (SSSR count). The number of anilines is 1. The number of aromatic nitrogens is 1. The molecule has 2 aliphatic rings. The van der Waals surface area contributed by atoms with Crippen molar-refractivity contribution in [1.82, 2.24) is 4.98 Å². The van der Waals surface area contributed by atoms with Gasteiger partial charge in [0.25, 0.3) is 0 Å². The van der Waals surface area contributed by atoms with E-state index in [0.29, 0.717) is 17.1 Å². The van der Waals surface area contributed by atoms with E-state index in [9.17, 15) is 5.11 Å². The van der Waals surface area contributed by atoms with Gasteiger partial charge in [0.2, 0.25) is 0 Å². The zero-order valence-electron chi connectivity index (χ0n) is 11.0. The number of piperidine rings is 1. The maximum absolute atomic E-state index is 9.89. The fourth-order valence-corrected chi connectivity index (χ4v) is 3.79. The number of hydrogen-bond acceptors (Lipinski definition) is 4. The Labute approximate surface area is 118 Å². The van der Waals surface area contributed by atoms with Gasteiger partial charge in [-0.1, -0.05) is 12.2 Å². The molecule has 2 aliphatic heterocycles. The first kappa shape index (κ1) is 12.8. The van der Waals surface area contributed by atoms with Crippen molar-refractivity contribution in [3.05, 3.63) is 23.4 Å². The Morgan fingerprint density at radius 2 is 2.05 bits per heavy atom. The first-order valence-electron chi connectivity index (χ1n) is 6.79. The molecule has 2 fully saturated rings. The second-order valence-corrected chi connectivity index (χ2v) is 6.05. The highest BCUT2D eigenvalue weighted by molar-refractivity contribution is 7.80. The van der Waals surface area contributed by atoms with Crippen LogP contribution in [0.4, 0.5) is 5.82 Å². The van der Waals surface area contributed by atoms with E-state index in [2.05, 4.69) is 9.88 Å². The second kappa shape index (κ2) is 4.72. The van der Waals surface area contributed by atoms with Gasteiger partial charge in [0.1, 0.15) is 10.8 Å². The van der Waals surface area contributed by atoms with E-state index in [4.69, 9.17) is 18.0 Å². The predicted octanol–water partition coefficient (Wildman–Crippen LogP) is 1.52. The Hall–Kier alpha value is -1.20. The van der Waals surface area contributed by atoms with Gasteiger partial charge >= 0.3 is 0 Å². The summed E-state index contributed by atoms with van der Waals surface area (Å²) in [5.74, 6) is 0.909. The molecule has 2 saturated heterocycles. The third-order valence-electron chi connectivity index (χ3n) is 4.34. The van der Waals surface area contributed by atoms with Gasteiger partial charge in [0.15, 0.2) is 0 Å². The zero-order valence-corrected chi connectivity index (χ0v) is 11.9. The lowest BCUT2D eigenvalue weighted by Crippen LogP contribution is -2.46. The molecule has 4 nitrogen and oxygen atoms in total. The van der Waals surface area contributed by atoms with Crippen molar-refractivity contribution < 1.29 is 5.11 Å². The second-order valence-electron chi connectivity index (χ2n) is 5.61. The molecule has 19 heavy (non-hydrogen) atoms. The normalized spacial score (nSPS) is 29.6. The highest BCUT2D eigenvalue weighted by atomic mass is 32.1. The summed E-state index contributed by atoms with van der Waals surface area (Å²) in [6, 6.07) is 2.69. The molecule has 5 heteroatoms. The summed E-state index contributed by atoms with van der Waals surface area (Å²) in [5, 5.41) is 9.89.